The molecule has 1 aliphatic heterocycles. The average Bonchev–Trinajstić information content (AvgIpc) is 2.72. The molecule has 0 saturated carbocycles. The minimum absolute atomic E-state index is 0.0392. The first kappa shape index (κ1) is 12.9. The van der Waals surface area contributed by atoms with Crippen LogP contribution in [0.25, 0.3) is 0 Å². The average molecular weight is 247 g/mol. The number of rotatable bonds is 4. The Morgan fingerprint density at radius 1 is 1.44 bits per heavy atom. The van der Waals surface area contributed by atoms with Crippen molar-refractivity contribution in [3.63, 3.8) is 0 Å². The van der Waals surface area contributed by atoms with Crippen molar-refractivity contribution in [1.82, 2.24) is 4.90 Å². The summed E-state index contributed by atoms with van der Waals surface area (Å²) in [5, 5.41) is 6.23. The van der Waals surface area contributed by atoms with Crippen LogP contribution in [0.1, 0.15) is 19.8 Å². The van der Waals surface area contributed by atoms with Crippen LogP contribution in [0.2, 0.25) is 0 Å². The summed E-state index contributed by atoms with van der Waals surface area (Å²) >= 11 is 0. The molecule has 98 valence electrons. The number of hydrogen-bond donors (Lipinski definition) is 2. The molecule has 1 aliphatic rings. The van der Waals surface area contributed by atoms with E-state index >= 15 is 0 Å². The van der Waals surface area contributed by atoms with E-state index in [4.69, 9.17) is 0 Å². The molecule has 2 N–H and O–H groups in total. The smallest absolute Gasteiger partial charge is 0.221 e. The number of likely N-dealkylation sites (N-methyl/N-ethyl adjacent to an activating group) is 1. The quantitative estimate of drug-likeness (QED) is 0.857. The van der Waals surface area contributed by atoms with Gasteiger partial charge in [-0.1, -0.05) is 6.07 Å². The summed E-state index contributed by atoms with van der Waals surface area (Å²) in [7, 11) is 2.17. The van der Waals surface area contributed by atoms with Crippen LogP contribution >= 0.6 is 0 Å². The van der Waals surface area contributed by atoms with Crippen LogP contribution in [0, 0.1) is 0 Å². The Hall–Kier alpha value is -1.55. The van der Waals surface area contributed by atoms with Gasteiger partial charge in [-0.2, -0.15) is 0 Å². The summed E-state index contributed by atoms with van der Waals surface area (Å²) in [4.78, 5) is 13.4. The monoisotopic (exact) mass is 247 g/mol. The number of carbonyl (C=O) groups is 1. The maximum Gasteiger partial charge on any atom is 0.221 e. The Labute approximate surface area is 108 Å². The fourth-order valence-corrected chi connectivity index (χ4v) is 2.38. The first-order valence-electron chi connectivity index (χ1n) is 6.47. The van der Waals surface area contributed by atoms with Crippen LogP contribution in [-0.4, -0.2) is 37.0 Å². The van der Waals surface area contributed by atoms with Gasteiger partial charge in [-0.25, -0.2) is 0 Å². The van der Waals surface area contributed by atoms with Gasteiger partial charge in [0.05, 0.1) is 0 Å². The minimum atomic E-state index is -0.0392. The normalized spacial score (nSPS) is 19.8. The fraction of sp³-hybridized carbons (Fsp3) is 0.500. The second-order valence-corrected chi connectivity index (χ2v) is 4.92. The van der Waals surface area contributed by atoms with E-state index in [-0.39, 0.29) is 5.91 Å². The van der Waals surface area contributed by atoms with Gasteiger partial charge in [0.1, 0.15) is 0 Å². The van der Waals surface area contributed by atoms with Crippen LogP contribution < -0.4 is 10.6 Å². The number of nitrogens with zero attached hydrogens (tertiary/aromatic N) is 1. The number of carbonyl (C=O) groups excluding carboxylic acids is 1. The highest BCUT2D eigenvalue weighted by Gasteiger charge is 2.20. The molecule has 4 heteroatoms. The molecule has 18 heavy (non-hydrogen) atoms. The third-order valence-electron chi connectivity index (χ3n) is 3.40. The summed E-state index contributed by atoms with van der Waals surface area (Å²) in [5.74, 6) is -0.0392. The molecule has 1 saturated heterocycles. The summed E-state index contributed by atoms with van der Waals surface area (Å²) in [6.07, 6.45) is 2.55. The lowest BCUT2D eigenvalue weighted by molar-refractivity contribution is -0.114. The van der Waals surface area contributed by atoms with Crippen molar-refractivity contribution in [2.75, 3.05) is 30.8 Å². The van der Waals surface area contributed by atoms with Crippen molar-refractivity contribution < 1.29 is 4.79 Å². The van der Waals surface area contributed by atoms with Gasteiger partial charge >= 0.3 is 0 Å². The molecule has 1 fully saturated rings. The number of amides is 1. The van der Waals surface area contributed by atoms with E-state index in [0.29, 0.717) is 6.04 Å². The maximum absolute atomic E-state index is 11.0. The summed E-state index contributed by atoms with van der Waals surface area (Å²) < 4.78 is 0. The zero-order valence-electron chi connectivity index (χ0n) is 11.1. The highest BCUT2D eigenvalue weighted by atomic mass is 16.1. The van der Waals surface area contributed by atoms with Crippen LogP contribution in [0.15, 0.2) is 24.3 Å². The topological polar surface area (TPSA) is 44.4 Å². The van der Waals surface area contributed by atoms with Crippen molar-refractivity contribution in [3.05, 3.63) is 24.3 Å². The van der Waals surface area contributed by atoms with Gasteiger partial charge in [0.15, 0.2) is 0 Å². The Balaban J connectivity index is 1.90. The molecule has 0 spiro atoms. The number of likely N-dealkylation sites (tertiary alicyclic amines) is 1. The standard InChI is InChI=1S/C14H21N3O/c1-11(18)16-13-6-3-5-12(9-13)15-10-14-7-4-8-17(14)2/h3,5-6,9,14-15H,4,7-8,10H2,1-2H3,(H,16,18). The summed E-state index contributed by atoms with van der Waals surface area (Å²) in [5.41, 5.74) is 1.90. The van der Waals surface area contributed by atoms with E-state index in [9.17, 15) is 4.79 Å². The highest BCUT2D eigenvalue weighted by molar-refractivity contribution is 5.89. The van der Waals surface area contributed by atoms with E-state index < -0.39 is 0 Å². The van der Waals surface area contributed by atoms with Gasteiger partial charge in [-0.3, -0.25) is 4.79 Å². The third kappa shape index (κ3) is 3.47. The summed E-state index contributed by atoms with van der Waals surface area (Å²) in [6, 6.07) is 8.46. The summed E-state index contributed by atoms with van der Waals surface area (Å²) in [6.45, 7) is 3.67. The van der Waals surface area contributed by atoms with Crippen molar-refractivity contribution in [1.29, 1.82) is 0 Å². The molecule has 1 unspecified atom stereocenters. The van der Waals surface area contributed by atoms with Crippen molar-refractivity contribution in [2.45, 2.75) is 25.8 Å². The molecule has 1 heterocycles. The van der Waals surface area contributed by atoms with E-state index in [1.807, 2.05) is 24.3 Å². The zero-order valence-corrected chi connectivity index (χ0v) is 11.1. The molecule has 2 rings (SSSR count). The van der Waals surface area contributed by atoms with Gasteiger partial charge in [-0.05, 0) is 44.6 Å². The highest BCUT2D eigenvalue weighted by Crippen LogP contribution is 2.18. The Bertz CT molecular complexity index is 419. The first-order chi connectivity index (χ1) is 8.65. The molecule has 0 aliphatic carbocycles. The van der Waals surface area contributed by atoms with Gasteiger partial charge in [0, 0.05) is 30.9 Å². The lowest BCUT2D eigenvalue weighted by Crippen LogP contribution is -2.31. The Kier molecular flexibility index (Phi) is 4.20. The second-order valence-electron chi connectivity index (χ2n) is 4.92. The van der Waals surface area contributed by atoms with Crippen molar-refractivity contribution >= 4 is 17.3 Å². The SMILES string of the molecule is CC(=O)Nc1cccc(NCC2CCCN2C)c1. The fourth-order valence-electron chi connectivity index (χ4n) is 2.38. The number of benzene rings is 1. The zero-order chi connectivity index (χ0) is 13.0. The van der Waals surface area contributed by atoms with Gasteiger partial charge in [0.2, 0.25) is 5.91 Å². The van der Waals surface area contributed by atoms with Crippen LogP contribution in [0.5, 0.6) is 0 Å². The van der Waals surface area contributed by atoms with Gasteiger partial charge in [-0.15, -0.1) is 0 Å². The second kappa shape index (κ2) is 5.87. The molecule has 0 radical (unpaired) electrons. The molecule has 1 aromatic rings. The van der Waals surface area contributed by atoms with Crippen LogP contribution in [0.4, 0.5) is 11.4 Å². The third-order valence-corrected chi connectivity index (χ3v) is 3.40. The van der Waals surface area contributed by atoms with Crippen LogP contribution in [-0.2, 0) is 4.79 Å². The van der Waals surface area contributed by atoms with E-state index in [1.165, 1.54) is 26.3 Å². The molecular weight excluding hydrogens is 226 g/mol. The molecule has 1 atom stereocenters. The molecule has 0 aromatic heterocycles. The number of hydrogen-bond acceptors (Lipinski definition) is 3. The number of nitrogens with one attached hydrogen (secondary N) is 2. The molecule has 1 aromatic carbocycles. The predicted octanol–water partition coefficient (Wildman–Crippen LogP) is 2.15. The molecule has 1 amide bonds. The molecule has 4 nitrogen and oxygen atoms in total. The number of anilines is 2. The lowest BCUT2D eigenvalue weighted by atomic mass is 10.2. The Morgan fingerprint density at radius 2 is 2.22 bits per heavy atom. The largest absolute Gasteiger partial charge is 0.383 e. The lowest BCUT2D eigenvalue weighted by Gasteiger charge is -2.20. The molecule has 0 bridgehead atoms. The van der Waals surface area contributed by atoms with E-state index in [0.717, 1.165) is 17.9 Å². The first-order valence-corrected chi connectivity index (χ1v) is 6.47. The van der Waals surface area contributed by atoms with Gasteiger partial charge in [0.25, 0.3) is 0 Å². The Morgan fingerprint density at radius 3 is 2.89 bits per heavy atom. The van der Waals surface area contributed by atoms with Crippen molar-refractivity contribution in [2.24, 2.45) is 0 Å². The maximum atomic E-state index is 11.0. The van der Waals surface area contributed by atoms with E-state index in [2.05, 4.69) is 22.6 Å². The predicted molar refractivity (Wildman–Crippen MR) is 74.9 cm³/mol. The van der Waals surface area contributed by atoms with E-state index in [1.54, 1.807) is 0 Å². The van der Waals surface area contributed by atoms with Crippen LogP contribution in [0.3, 0.4) is 0 Å². The van der Waals surface area contributed by atoms with Gasteiger partial charge < -0.3 is 15.5 Å². The molecular formula is C14H21N3O. The minimum Gasteiger partial charge on any atom is -0.383 e. The van der Waals surface area contributed by atoms with Crippen molar-refractivity contribution in [3.8, 4) is 0 Å².